The quantitative estimate of drug-likeness (QED) is 0.858. The molecule has 1 aromatic heterocycles. The third-order valence-electron chi connectivity index (χ3n) is 2.16. The topological polar surface area (TPSA) is 77.6 Å². The zero-order valence-corrected chi connectivity index (χ0v) is 11.8. The number of rotatable bonds is 4. The Morgan fingerprint density at radius 1 is 1.42 bits per heavy atom. The zero-order chi connectivity index (χ0) is 13.9. The summed E-state index contributed by atoms with van der Waals surface area (Å²) in [7, 11) is -0.627. The number of methoxy groups -OCH3 is 1. The van der Waals surface area contributed by atoms with Gasteiger partial charge in [0.1, 0.15) is 6.61 Å². The van der Waals surface area contributed by atoms with Crippen molar-refractivity contribution in [2.24, 2.45) is 4.36 Å². The summed E-state index contributed by atoms with van der Waals surface area (Å²) in [4.78, 5) is 4.19. The van der Waals surface area contributed by atoms with Gasteiger partial charge in [0, 0.05) is 34.9 Å². The first kappa shape index (κ1) is 13.7. The highest BCUT2D eigenvalue weighted by atomic mass is 32.2. The van der Waals surface area contributed by atoms with Crippen molar-refractivity contribution in [2.45, 2.75) is 6.61 Å². The maximum absolute atomic E-state index is 11.7. The van der Waals surface area contributed by atoms with Crippen molar-refractivity contribution in [2.75, 3.05) is 19.6 Å². The summed E-state index contributed by atoms with van der Waals surface area (Å²) in [5.41, 5.74) is 1.36. The molecule has 0 fully saturated rings. The zero-order valence-electron chi connectivity index (χ0n) is 11.0. The molecule has 0 radical (unpaired) electrons. The van der Waals surface area contributed by atoms with Crippen molar-refractivity contribution in [1.29, 1.82) is 0 Å². The first-order chi connectivity index (χ1) is 8.98. The SMILES string of the molecule is COCc1noc(-c2cccc(N=S(C)(C)=O)c2)n1. The lowest BCUT2D eigenvalue weighted by Crippen LogP contribution is -1.90. The summed E-state index contributed by atoms with van der Waals surface area (Å²) in [6, 6.07) is 7.18. The van der Waals surface area contributed by atoms with Crippen LogP contribution in [-0.2, 0) is 21.1 Å². The molecule has 2 aromatic rings. The van der Waals surface area contributed by atoms with Gasteiger partial charge in [0.25, 0.3) is 5.89 Å². The Morgan fingerprint density at radius 3 is 2.89 bits per heavy atom. The molecule has 19 heavy (non-hydrogen) atoms. The number of ether oxygens (including phenoxy) is 1. The fourth-order valence-electron chi connectivity index (χ4n) is 1.51. The van der Waals surface area contributed by atoms with E-state index < -0.39 is 9.73 Å². The standard InChI is InChI=1S/C12H15N3O3S/c1-17-8-11-13-12(18-14-11)9-5-4-6-10(7-9)15-19(2,3)16/h4-7H,8H2,1-3H3. The van der Waals surface area contributed by atoms with Gasteiger partial charge in [-0.1, -0.05) is 11.2 Å². The van der Waals surface area contributed by atoms with Gasteiger partial charge in [-0.2, -0.15) is 9.35 Å². The number of nitrogens with zero attached hydrogens (tertiary/aromatic N) is 3. The third kappa shape index (κ3) is 3.87. The van der Waals surface area contributed by atoms with Crippen LogP contribution >= 0.6 is 0 Å². The van der Waals surface area contributed by atoms with Crippen LogP contribution in [-0.4, -0.2) is 34.0 Å². The van der Waals surface area contributed by atoms with Gasteiger partial charge in [-0.05, 0) is 18.2 Å². The van der Waals surface area contributed by atoms with E-state index in [0.717, 1.165) is 5.56 Å². The molecule has 0 saturated carbocycles. The number of hydrogen-bond donors (Lipinski definition) is 0. The van der Waals surface area contributed by atoms with Crippen LogP contribution in [0.3, 0.4) is 0 Å². The minimum atomic E-state index is -2.19. The van der Waals surface area contributed by atoms with E-state index in [1.165, 1.54) is 0 Å². The van der Waals surface area contributed by atoms with Gasteiger partial charge in [-0.15, -0.1) is 0 Å². The molecule has 0 spiro atoms. The van der Waals surface area contributed by atoms with Crippen LogP contribution in [0, 0.1) is 0 Å². The lowest BCUT2D eigenvalue weighted by atomic mass is 10.2. The van der Waals surface area contributed by atoms with E-state index >= 15 is 0 Å². The van der Waals surface area contributed by atoms with Crippen LogP contribution in [0.15, 0.2) is 33.2 Å². The van der Waals surface area contributed by atoms with Crippen molar-refractivity contribution >= 4 is 15.4 Å². The molecule has 1 heterocycles. The van der Waals surface area contributed by atoms with Crippen LogP contribution in [0.4, 0.5) is 5.69 Å². The third-order valence-corrected chi connectivity index (χ3v) is 2.81. The molecule has 6 nitrogen and oxygen atoms in total. The second-order valence-electron chi connectivity index (χ2n) is 4.27. The normalized spacial score (nSPS) is 11.5. The van der Waals surface area contributed by atoms with E-state index in [1.54, 1.807) is 37.8 Å². The van der Waals surface area contributed by atoms with Crippen molar-refractivity contribution in [3.63, 3.8) is 0 Å². The highest BCUT2D eigenvalue weighted by molar-refractivity contribution is 7.92. The summed E-state index contributed by atoms with van der Waals surface area (Å²) in [5, 5.41) is 3.79. The maximum Gasteiger partial charge on any atom is 0.258 e. The average Bonchev–Trinajstić information content (AvgIpc) is 2.76. The highest BCUT2D eigenvalue weighted by Crippen LogP contribution is 2.23. The first-order valence-electron chi connectivity index (χ1n) is 5.57. The van der Waals surface area contributed by atoms with Crippen molar-refractivity contribution in [1.82, 2.24) is 10.1 Å². The van der Waals surface area contributed by atoms with E-state index in [1.807, 2.05) is 6.07 Å². The van der Waals surface area contributed by atoms with Crippen LogP contribution < -0.4 is 0 Å². The van der Waals surface area contributed by atoms with Crippen LogP contribution in [0.5, 0.6) is 0 Å². The smallest absolute Gasteiger partial charge is 0.258 e. The first-order valence-corrected chi connectivity index (χ1v) is 7.90. The molecule has 0 aliphatic rings. The summed E-state index contributed by atoms with van der Waals surface area (Å²) in [6.45, 7) is 0.297. The summed E-state index contributed by atoms with van der Waals surface area (Å²) >= 11 is 0. The van der Waals surface area contributed by atoms with E-state index in [9.17, 15) is 4.21 Å². The molecule has 0 saturated heterocycles. The van der Waals surface area contributed by atoms with E-state index in [-0.39, 0.29) is 0 Å². The molecule has 0 bridgehead atoms. The van der Waals surface area contributed by atoms with E-state index in [4.69, 9.17) is 9.26 Å². The Bertz CT molecular complexity index is 679. The van der Waals surface area contributed by atoms with Gasteiger partial charge in [-0.25, -0.2) is 4.21 Å². The molecule has 0 unspecified atom stereocenters. The molecule has 1 aromatic carbocycles. The number of benzene rings is 1. The molecule has 0 atom stereocenters. The van der Waals surface area contributed by atoms with E-state index in [0.29, 0.717) is 24.0 Å². The lowest BCUT2D eigenvalue weighted by molar-refractivity contribution is 0.174. The molecule has 7 heteroatoms. The Labute approximate surface area is 112 Å². The fourth-order valence-corrected chi connectivity index (χ4v) is 2.13. The number of aromatic nitrogens is 2. The largest absolute Gasteiger partial charge is 0.377 e. The van der Waals surface area contributed by atoms with Crippen LogP contribution in [0.25, 0.3) is 11.5 Å². The average molecular weight is 281 g/mol. The summed E-state index contributed by atoms with van der Waals surface area (Å²) in [6.07, 6.45) is 3.17. The van der Waals surface area contributed by atoms with Crippen molar-refractivity contribution in [3.8, 4) is 11.5 Å². The lowest BCUT2D eigenvalue weighted by Gasteiger charge is -1.98. The van der Waals surface area contributed by atoms with Gasteiger partial charge in [0.15, 0.2) is 5.82 Å². The highest BCUT2D eigenvalue weighted by Gasteiger charge is 2.09. The second kappa shape index (κ2) is 5.50. The molecular weight excluding hydrogens is 266 g/mol. The van der Waals surface area contributed by atoms with Gasteiger partial charge in [0.2, 0.25) is 0 Å². The molecule has 0 aliphatic heterocycles. The van der Waals surface area contributed by atoms with Gasteiger partial charge >= 0.3 is 0 Å². The fraction of sp³-hybridized carbons (Fsp3) is 0.333. The molecule has 2 rings (SSSR count). The Hall–Kier alpha value is -1.73. The Balaban J connectivity index is 2.35. The Morgan fingerprint density at radius 2 is 2.21 bits per heavy atom. The van der Waals surface area contributed by atoms with Gasteiger partial charge < -0.3 is 9.26 Å². The maximum atomic E-state index is 11.7. The van der Waals surface area contributed by atoms with Crippen molar-refractivity contribution in [3.05, 3.63) is 30.1 Å². The van der Waals surface area contributed by atoms with Gasteiger partial charge in [-0.3, -0.25) is 0 Å². The predicted octanol–water partition coefficient (Wildman–Crippen LogP) is 2.24. The second-order valence-corrected chi connectivity index (χ2v) is 6.82. The minimum Gasteiger partial charge on any atom is -0.377 e. The molecule has 0 amide bonds. The monoisotopic (exact) mass is 281 g/mol. The van der Waals surface area contributed by atoms with Crippen LogP contribution in [0.2, 0.25) is 0 Å². The summed E-state index contributed by atoms with van der Waals surface area (Å²) < 4.78 is 25.9. The van der Waals surface area contributed by atoms with E-state index in [2.05, 4.69) is 14.5 Å². The predicted molar refractivity (Wildman–Crippen MR) is 72.5 cm³/mol. The van der Waals surface area contributed by atoms with Crippen LogP contribution in [0.1, 0.15) is 5.82 Å². The molecule has 0 aliphatic carbocycles. The van der Waals surface area contributed by atoms with Gasteiger partial charge in [0.05, 0.1) is 5.69 Å². The molecule has 102 valence electrons. The summed E-state index contributed by atoms with van der Waals surface area (Å²) in [5.74, 6) is 0.873. The Kier molecular flexibility index (Phi) is 3.96. The molecular formula is C12H15N3O3S. The number of hydrogen-bond acceptors (Lipinski definition) is 6. The van der Waals surface area contributed by atoms with Crippen molar-refractivity contribution < 1.29 is 13.5 Å². The molecule has 0 N–H and O–H groups in total. The minimum absolute atomic E-state index is 0.297.